The zero-order valence-electron chi connectivity index (χ0n) is 15.0. The van der Waals surface area contributed by atoms with Crippen LogP contribution in [0.25, 0.3) is 11.1 Å². The first-order chi connectivity index (χ1) is 13.1. The number of hydrogen-bond acceptors (Lipinski definition) is 4. The van der Waals surface area contributed by atoms with E-state index in [2.05, 4.69) is 34.1 Å². The summed E-state index contributed by atoms with van der Waals surface area (Å²) in [7, 11) is 0. The molecule has 0 saturated carbocycles. The largest absolute Gasteiger partial charge is 0.417 e. The molecule has 0 radical (unpaired) electrons. The molecule has 1 unspecified atom stereocenters. The van der Waals surface area contributed by atoms with Gasteiger partial charge in [0.1, 0.15) is 0 Å². The Hall–Kier alpha value is -2.08. The molecule has 2 heterocycles. The lowest BCUT2D eigenvalue weighted by Crippen LogP contribution is -2.38. The molecule has 142 valence electrons. The first-order valence-electron chi connectivity index (χ1n) is 9.35. The number of aliphatic hydroxyl groups excluding tert-OH is 1. The first kappa shape index (κ1) is 18.3. The molecule has 5 nitrogen and oxygen atoms in total. The number of benzene rings is 2. The van der Waals surface area contributed by atoms with E-state index in [0.717, 1.165) is 25.9 Å². The van der Waals surface area contributed by atoms with E-state index < -0.39 is 11.9 Å². The van der Waals surface area contributed by atoms with Crippen molar-refractivity contribution in [1.29, 1.82) is 0 Å². The van der Waals surface area contributed by atoms with E-state index in [0.29, 0.717) is 34.1 Å². The Morgan fingerprint density at radius 3 is 2.93 bits per heavy atom. The number of fused-ring (bicyclic) bond motifs is 1. The molecule has 4 rings (SSSR count). The Morgan fingerprint density at radius 1 is 1.30 bits per heavy atom. The molecule has 1 saturated heterocycles. The second-order valence-electron chi connectivity index (χ2n) is 7.36. The van der Waals surface area contributed by atoms with Crippen LogP contribution in [0.1, 0.15) is 30.1 Å². The predicted molar refractivity (Wildman–Crippen MR) is 106 cm³/mol. The number of aliphatic hydroxyl groups is 1. The van der Waals surface area contributed by atoms with Crippen LogP contribution in [0.4, 0.5) is 0 Å². The van der Waals surface area contributed by atoms with Crippen LogP contribution >= 0.6 is 11.6 Å². The summed E-state index contributed by atoms with van der Waals surface area (Å²) < 4.78 is 5.09. The van der Waals surface area contributed by atoms with Crippen molar-refractivity contribution in [2.24, 2.45) is 5.92 Å². The zero-order chi connectivity index (χ0) is 18.8. The SMILES string of the molecule is O=c1[nH]c2cc(Cl)c(C(O)CN3CCC[C@H](Cc4ccccc4)C3)cc2o1. The van der Waals surface area contributed by atoms with Gasteiger partial charge in [0.05, 0.1) is 11.6 Å². The molecule has 6 heteroatoms. The molecule has 2 atom stereocenters. The summed E-state index contributed by atoms with van der Waals surface area (Å²) in [6.07, 6.45) is 2.68. The highest BCUT2D eigenvalue weighted by molar-refractivity contribution is 6.32. The maximum absolute atomic E-state index is 11.3. The van der Waals surface area contributed by atoms with E-state index in [1.807, 2.05) is 6.07 Å². The van der Waals surface area contributed by atoms with Gasteiger partial charge in [-0.05, 0) is 49.4 Å². The summed E-state index contributed by atoms with van der Waals surface area (Å²) in [5, 5.41) is 11.2. The van der Waals surface area contributed by atoms with Crippen LogP contribution in [0, 0.1) is 5.92 Å². The molecular formula is C21H23ClN2O3. The fourth-order valence-corrected chi connectivity index (χ4v) is 4.31. The van der Waals surface area contributed by atoms with Crippen molar-refractivity contribution in [3.63, 3.8) is 0 Å². The Labute approximate surface area is 162 Å². The van der Waals surface area contributed by atoms with Gasteiger partial charge in [0, 0.05) is 23.7 Å². The Bertz CT molecular complexity index is 966. The van der Waals surface area contributed by atoms with Crippen molar-refractivity contribution in [1.82, 2.24) is 9.88 Å². The fourth-order valence-electron chi connectivity index (χ4n) is 4.02. The minimum atomic E-state index is -0.724. The molecule has 3 aromatic rings. The van der Waals surface area contributed by atoms with Crippen LogP contribution in [0.2, 0.25) is 5.02 Å². The van der Waals surface area contributed by atoms with E-state index in [-0.39, 0.29) is 0 Å². The Balaban J connectivity index is 1.43. The third-order valence-corrected chi connectivity index (χ3v) is 5.63. The van der Waals surface area contributed by atoms with Gasteiger partial charge in [0.2, 0.25) is 0 Å². The molecule has 0 aliphatic carbocycles. The van der Waals surface area contributed by atoms with Crippen LogP contribution in [0.15, 0.2) is 51.7 Å². The number of nitrogens with one attached hydrogen (secondary N) is 1. The highest BCUT2D eigenvalue weighted by Crippen LogP contribution is 2.29. The smallest absolute Gasteiger partial charge is 0.408 e. The van der Waals surface area contributed by atoms with E-state index in [1.54, 1.807) is 12.1 Å². The third-order valence-electron chi connectivity index (χ3n) is 5.30. The number of halogens is 1. The monoisotopic (exact) mass is 386 g/mol. The van der Waals surface area contributed by atoms with Crippen LogP contribution < -0.4 is 5.76 Å². The van der Waals surface area contributed by atoms with Gasteiger partial charge >= 0.3 is 5.76 Å². The molecule has 1 aliphatic rings. The van der Waals surface area contributed by atoms with Crippen LogP contribution in [-0.2, 0) is 6.42 Å². The van der Waals surface area contributed by atoms with Gasteiger partial charge in [0.15, 0.2) is 5.58 Å². The molecule has 0 spiro atoms. The second-order valence-corrected chi connectivity index (χ2v) is 7.76. The van der Waals surface area contributed by atoms with Crippen LogP contribution in [0.3, 0.4) is 0 Å². The van der Waals surface area contributed by atoms with Gasteiger partial charge in [-0.2, -0.15) is 0 Å². The average molecular weight is 387 g/mol. The normalized spacial score (nSPS) is 19.4. The lowest BCUT2D eigenvalue weighted by atomic mass is 9.91. The highest BCUT2D eigenvalue weighted by atomic mass is 35.5. The van der Waals surface area contributed by atoms with Crippen molar-refractivity contribution < 1.29 is 9.52 Å². The number of piperidine rings is 1. The molecule has 1 aromatic heterocycles. The summed E-state index contributed by atoms with van der Waals surface area (Å²) in [6, 6.07) is 13.8. The van der Waals surface area contributed by atoms with Crippen LogP contribution in [0.5, 0.6) is 0 Å². The minimum absolute atomic E-state index is 0.416. The number of nitrogens with zero attached hydrogens (tertiary/aromatic N) is 1. The van der Waals surface area contributed by atoms with E-state index in [1.165, 1.54) is 12.0 Å². The van der Waals surface area contributed by atoms with Crippen LogP contribution in [-0.4, -0.2) is 34.6 Å². The van der Waals surface area contributed by atoms with Gasteiger partial charge in [-0.15, -0.1) is 0 Å². The number of aromatic amines is 1. The van der Waals surface area contributed by atoms with Gasteiger partial charge in [-0.1, -0.05) is 41.9 Å². The summed E-state index contributed by atoms with van der Waals surface area (Å²) in [6.45, 7) is 2.46. The van der Waals surface area contributed by atoms with Crippen molar-refractivity contribution in [2.45, 2.75) is 25.4 Å². The first-order valence-corrected chi connectivity index (χ1v) is 9.73. The molecule has 1 aliphatic heterocycles. The number of H-pyrrole nitrogens is 1. The standard InChI is InChI=1S/C21H23ClN2O3/c22-17-11-18-20(27-21(26)23-18)10-16(17)19(25)13-24-8-4-7-15(12-24)9-14-5-2-1-3-6-14/h1-3,5-6,10-11,15,19,25H,4,7-9,12-13H2,(H,23,26)/t15-,19?/m1/s1. The van der Waals surface area contributed by atoms with Crippen molar-refractivity contribution >= 4 is 22.7 Å². The number of aromatic nitrogens is 1. The van der Waals surface area contributed by atoms with Gasteiger partial charge < -0.3 is 14.4 Å². The number of oxazole rings is 1. The van der Waals surface area contributed by atoms with Gasteiger partial charge in [0.25, 0.3) is 0 Å². The summed E-state index contributed by atoms with van der Waals surface area (Å²) in [5.74, 6) is 0.0708. The zero-order valence-corrected chi connectivity index (χ0v) is 15.8. The average Bonchev–Trinajstić information content (AvgIpc) is 3.01. The lowest BCUT2D eigenvalue weighted by Gasteiger charge is -2.34. The third kappa shape index (κ3) is 4.26. The molecule has 2 aromatic carbocycles. The van der Waals surface area contributed by atoms with Gasteiger partial charge in [-0.3, -0.25) is 4.98 Å². The highest BCUT2D eigenvalue weighted by Gasteiger charge is 2.24. The lowest BCUT2D eigenvalue weighted by molar-refractivity contribution is 0.0845. The van der Waals surface area contributed by atoms with E-state index >= 15 is 0 Å². The maximum Gasteiger partial charge on any atom is 0.417 e. The molecule has 1 fully saturated rings. The van der Waals surface area contributed by atoms with E-state index in [4.69, 9.17) is 16.0 Å². The maximum atomic E-state index is 11.3. The predicted octanol–water partition coefficient (Wildman–Crippen LogP) is 3.76. The number of hydrogen-bond donors (Lipinski definition) is 2. The van der Waals surface area contributed by atoms with Crippen molar-refractivity contribution in [2.75, 3.05) is 19.6 Å². The van der Waals surface area contributed by atoms with Gasteiger partial charge in [-0.25, -0.2) is 4.79 Å². The van der Waals surface area contributed by atoms with Crippen molar-refractivity contribution in [3.05, 3.63) is 69.2 Å². The minimum Gasteiger partial charge on any atom is -0.408 e. The van der Waals surface area contributed by atoms with E-state index in [9.17, 15) is 9.90 Å². The molecular weight excluding hydrogens is 364 g/mol. The summed E-state index contributed by atoms with van der Waals surface area (Å²) >= 11 is 6.32. The fraction of sp³-hybridized carbons (Fsp3) is 0.381. The molecule has 27 heavy (non-hydrogen) atoms. The topological polar surface area (TPSA) is 69.5 Å². The summed E-state index contributed by atoms with van der Waals surface area (Å²) in [4.78, 5) is 16.2. The number of β-amino-alcohol motifs (C(OH)–C–C–N with tert-alkyl or cyclic N) is 1. The molecule has 2 N–H and O–H groups in total. The number of likely N-dealkylation sites (tertiary alicyclic amines) is 1. The van der Waals surface area contributed by atoms with Crippen molar-refractivity contribution in [3.8, 4) is 0 Å². The molecule has 0 amide bonds. The molecule has 0 bridgehead atoms. The summed E-state index contributed by atoms with van der Waals surface area (Å²) in [5.41, 5.74) is 2.92. The number of rotatable bonds is 5. The Morgan fingerprint density at radius 2 is 2.11 bits per heavy atom. The Kier molecular flexibility index (Phi) is 5.34. The second kappa shape index (κ2) is 7.89. The quantitative estimate of drug-likeness (QED) is 0.700.